The quantitative estimate of drug-likeness (QED) is 0.863. The van der Waals surface area contributed by atoms with Crippen LogP contribution < -0.4 is 5.73 Å². The van der Waals surface area contributed by atoms with Gasteiger partial charge in [-0.2, -0.15) is 0 Å². The van der Waals surface area contributed by atoms with Crippen molar-refractivity contribution < 1.29 is 4.74 Å². The molecule has 0 atom stereocenters. The Balaban J connectivity index is 0.00000128. The molecule has 0 aliphatic carbocycles. The second kappa shape index (κ2) is 5.43. The number of nitrogens with zero attached hydrogens (tertiary/aromatic N) is 1. The molecule has 1 heterocycles. The van der Waals surface area contributed by atoms with Crippen LogP contribution in [0.25, 0.3) is 10.9 Å². The number of halogens is 2. The van der Waals surface area contributed by atoms with Crippen LogP contribution in [-0.4, -0.2) is 18.3 Å². The molecule has 0 radical (unpaired) electrons. The van der Waals surface area contributed by atoms with Crippen LogP contribution in [0, 0.1) is 0 Å². The number of hydrogen-bond donors (Lipinski definition) is 1. The molecule has 88 valence electrons. The van der Waals surface area contributed by atoms with E-state index in [0.717, 1.165) is 17.4 Å². The van der Waals surface area contributed by atoms with Gasteiger partial charge in [-0.05, 0) is 12.1 Å². The summed E-state index contributed by atoms with van der Waals surface area (Å²) in [6, 6.07) is 5.79. The summed E-state index contributed by atoms with van der Waals surface area (Å²) >= 11 is 6.12. The Bertz CT molecular complexity index is 482. The van der Waals surface area contributed by atoms with E-state index in [1.54, 1.807) is 7.11 Å². The van der Waals surface area contributed by atoms with Crippen molar-refractivity contribution >= 4 is 40.6 Å². The molecule has 0 unspecified atom stereocenters. The Morgan fingerprint density at radius 1 is 1.44 bits per heavy atom. The van der Waals surface area contributed by atoms with E-state index >= 15 is 0 Å². The van der Waals surface area contributed by atoms with Gasteiger partial charge in [-0.15, -0.1) is 12.4 Å². The Hall–Kier alpha value is -0.900. The average molecular weight is 261 g/mol. The van der Waals surface area contributed by atoms with Crippen LogP contribution >= 0.6 is 24.0 Å². The van der Waals surface area contributed by atoms with Gasteiger partial charge >= 0.3 is 0 Å². The molecular formula is C11H14Cl2N2O. The molecule has 3 nitrogen and oxygen atoms in total. The van der Waals surface area contributed by atoms with Gasteiger partial charge < -0.3 is 15.0 Å². The molecule has 0 aliphatic rings. The molecular weight excluding hydrogens is 247 g/mol. The van der Waals surface area contributed by atoms with Crippen molar-refractivity contribution in [3.8, 4) is 0 Å². The second-order valence-corrected chi connectivity index (χ2v) is 3.81. The van der Waals surface area contributed by atoms with Crippen LogP contribution in [0.15, 0.2) is 24.4 Å². The SMILES string of the molecule is COCCn1cc(Cl)c2c(N)cccc21.Cl. The first-order chi connectivity index (χ1) is 7.24. The number of aromatic nitrogens is 1. The van der Waals surface area contributed by atoms with Crippen molar-refractivity contribution in [1.29, 1.82) is 0 Å². The highest BCUT2D eigenvalue weighted by Gasteiger charge is 2.08. The normalized spacial score (nSPS) is 10.4. The predicted molar refractivity (Wildman–Crippen MR) is 70.5 cm³/mol. The summed E-state index contributed by atoms with van der Waals surface area (Å²) < 4.78 is 7.09. The highest BCUT2D eigenvalue weighted by Crippen LogP contribution is 2.30. The number of anilines is 1. The lowest BCUT2D eigenvalue weighted by atomic mass is 10.2. The number of rotatable bonds is 3. The number of hydrogen-bond acceptors (Lipinski definition) is 2. The molecule has 2 N–H and O–H groups in total. The van der Waals surface area contributed by atoms with Crippen molar-refractivity contribution in [3.05, 3.63) is 29.4 Å². The Kier molecular flexibility index (Phi) is 4.47. The number of benzene rings is 1. The van der Waals surface area contributed by atoms with E-state index in [4.69, 9.17) is 22.1 Å². The predicted octanol–water partition coefficient (Wildman–Crippen LogP) is 2.95. The van der Waals surface area contributed by atoms with E-state index in [2.05, 4.69) is 4.57 Å². The molecule has 0 aliphatic heterocycles. The molecule has 0 fully saturated rings. The maximum Gasteiger partial charge on any atom is 0.0682 e. The van der Waals surface area contributed by atoms with E-state index in [1.165, 1.54) is 0 Å². The van der Waals surface area contributed by atoms with Crippen molar-refractivity contribution in [1.82, 2.24) is 4.57 Å². The van der Waals surface area contributed by atoms with Gasteiger partial charge in [0.1, 0.15) is 0 Å². The summed E-state index contributed by atoms with van der Waals surface area (Å²) in [6.07, 6.45) is 1.89. The molecule has 1 aromatic carbocycles. The topological polar surface area (TPSA) is 40.2 Å². The first-order valence-corrected chi connectivity index (χ1v) is 5.13. The third-order valence-electron chi connectivity index (χ3n) is 2.43. The number of fused-ring (bicyclic) bond motifs is 1. The van der Waals surface area contributed by atoms with Crippen LogP contribution in [-0.2, 0) is 11.3 Å². The second-order valence-electron chi connectivity index (χ2n) is 3.40. The lowest BCUT2D eigenvalue weighted by molar-refractivity contribution is 0.188. The zero-order valence-electron chi connectivity index (χ0n) is 8.94. The minimum Gasteiger partial charge on any atom is -0.398 e. The van der Waals surface area contributed by atoms with E-state index in [9.17, 15) is 0 Å². The van der Waals surface area contributed by atoms with Crippen molar-refractivity contribution in [3.63, 3.8) is 0 Å². The molecule has 2 aromatic rings. The van der Waals surface area contributed by atoms with Crippen molar-refractivity contribution in [2.24, 2.45) is 0 Å². The van der Waals surface area contributed by atoms with Gasteiger partial charge in [0, 0.05) is 30.9 Å². The third kappa shape index (κ3) is 2.26. The number of ether oxygens (including phenoxy) is 1. The van der Waals surface area contributed by atoms with Gasteiger partial charge in [-0.3, -0.25) is 0 Å². The van der Waals surface area contributed by atoms with Crippen LogP contribution in [0.4, 0.5) is 5.69 Å². The molecule has 0 saturated heterocycles. The first-order valence-electron chi connectivity index (χ1n) is 4.76. The number of methoxy groups -OCH3 is 1. The summed E-state index contributed by atoms with van der Waals surface area (Å²) in [4.78, 5) is 0. The van der Waals surface area contributed by atoms with E-state index in [0.29, 0.717) is 17.3 Å². The molecule has 0 bridgehead atoms. The van der Waals surface area contributed by atoms with Gasteiger partial charge in [0.25, 0.3) is 0 Å². The lowest BCUT2D eigenvalue weighted by Crippen LogP contribution is -2.02. The summed E-state index contributed by atoms with van der Waals surface area (Å²) in [5.74, 6) is 0. The van der Waals surface area contributed by atoms with E-state index in [1.807, 2.05) is 24.4 Å². The van der Waals surface area contributed by atoms with Crippen LogP contribution in [0.2, 0.25) is 5.02 Å². The largest absolute Gasteiger partial charge is 0.398 e. The Labute approximate surface area is 106 Å². The van der Waals surface area contributed by atoms with Gasteiger partial charge in [0.2, 0.25) is 0 Å². The van der Waals surface area contributed by atoms with Crippen LogP contribution in [0.5, 0.6) is 0 Å². The highest BCUT2D eigenvalue weighted by atomic mass is 35.5. The standard InChI is InChI=1S/C11H13ClN2O.ClH/c1-15-6-5-14-7-8(12)11-9(13)3-2-4-10(11)14;/h2-4,7H,5-6,13H2,1H3;1H. The minimum atomic E-state index is 0. The average Bonchev–Trinajstić information content (AvgIpc) is 2.54. The van der Waals surface area contributed by atoms with Gasteiger partial charge in [-0.1, -0.05) is 17.7 Å². The summed E-state index contributed by atoms with van der Waals surface area (Å²) in [5.41, 5.74) is 7.64. The smallest absolute Gasteiger partial charge is 0.0682 e. The van der Waals surface area contributed by atoms with E-state index in [-0.39, 0.29) is 12.4 Å². The number of nitrogen functional groups attached to an aromatic ring is 1. The van der Waals surface area contributed by atoms with Crippen LogP contribution in [0.3, 0.4) is 0 Å². The maximum atomic E-state index is 6.12. The molecule has 5 heteroatoms. The molecule has 0 amide bonds. The number of nitrogens with two attached hydrogens (primary N) is 1. The van der Waals surface area contributed by atoms with Crippen LogP contribution in [0.1, 0.15) is 0 Å². The third-order valence-corrected chi connectivity index (χ3v) is 2.72. The van der Waals surface area contributed by atoms with Crippen molar-refractivity contribution in [2.45, 2.75) is 6.54 Å². The molecule has 1 aromatic heterocycles. The molecule has 16 heavy (non-hydrogen) atoms. The first kappa shape index (κ1) is 13.2. The lowest BCUT2D eigenvalue weighted by Gasteiger charge is -2.04. The fourth-order valence-corrected chi connectivity index (χ4v) is 2.03. The molecule has 2 rings (SSSR count). The minimum absolute atomic E-state index is 0. The van der Waals surface area contributed by atoms with Gasteiger partial charge in [0.05, 0.1) is 17.1 Å². The molecule has 0 saturated carbocycles. The van der Waals surface area contributed by atoms with Crippen molar-refractivity contribution in [2.75, 3.05) is 19.5 Å². The Morgan fingerprint density at radius 3 is 2.88 bits per heavy atom. The summed E-state index contributed by atoms with van der Waals surface area (Å²) in [5, 5.41) is 1.62. The fraction of sp³-hybridized carbons (Fsp3) is 0.273. The molecule has 0 spiro atoms. The zero-order valence-corrected chi connectivity index (χ0v) is 10.5. The van der Waals surface area contributed by atoms with Gasteiger partial charge in [0.15, 0.2) is 0 Å². The monoisotopic (exact) mass is 260 g/mol. The fourth-order valence-electron chi connectivity index (χ4n) is 1.70. The van der Waals surface area contributed by atoms with E-state index < -0.39 is 0 Å². The zero-order chi connectivity index (χ0) is 10.8. The summed E-state index contributed by atoms with van der Waals surface area (Å²) in [7, 11) is 1.68. The summed E-state index contributed by atoms with van der Waals surface area (Å²) in [6.45, 7) is 1.44. The Morgan fingerprint density at radius 2 is 2.19 bits per heavy atom. The highest BCUT2D eigenvalue weighted by molar-refractivity contribution is 6.36. The van der Waals surface area contributed by atoms with Gasteiger partial charge in [-0.25, -0.2) is 0 Å². The maximum absolute atomic E-state index is 6.12.